The third-order valence-corrected chi connectivity index (χ3v) is 7.97. The maximum absolute atomic E-state index is 11.8. The molecule has 3 N–H and O–H groups in total. The number of hydrogen-bond acceptors (Lipinski definition) is 3. The Labute approximate surface area is 209 Å². The molecule has 6 rings (SSSR count). The van der Waals surface area contributed by atoms with Crippen LogP contribution in [0.1, 0.15) is 65.9 Å². The van der Waals surface area contributed by atoms with Crippen LogP contribution in [-0.2, 0) is 24.4 Å². The Kier molecular flexibility index (Phi) is 5.80. The number of benzene rings is 2. The average molecular weight is 486 g/mol. The molecule has 2 aromatic heterocycles. The van der Waals surface area contributed by atoms with E-state index in [0.29, 0.717) is 18.0 Å². The predicted octanol–water partition coefficient (Wildman–Crippen LogP) is 5.59. The molecule has 0 spiro atoms. The van der Waals surface area contributed by atoms with Crippen molar-refractivity contribution in [1.29, 1.82) is 0 Å². The van der Waals surface area contributed by atoms with Gasteiger partial charge in [0.15, 0.2) is 0 Å². The number of nitrogens with one attached hydrogen (secondary N) is 1. The summed E-state index contributed by atoms with van der Waals surface area (Å²) in [6, 6.07) is 12.1. The highest BCUT2D eigenvalue weighted by atomic mass is 16.4. The van der Waals surface area contributed by atoms with Crippen LogP contribution < -0.4 is 5.32 Å². The van der Waals surface area contributed by atoms with Crippen molar-refractivity contribution in [3.05, 3.63) is 59.3 Å². The van der Waals surface area contributed by atoms with Crippen LogP contribution in [0.2, 0.25) is 0 Å². The summed E-state index contributed by atoms with van der Waals surface area (Å²) in [5.41, 5.74) is 7.42. The van der Waals surface area contributed by atoms with Crippen molar-refractivity contribution < 1.29 is 19.8 Å². The minimum atomic E-state index is -0.896. The van der Waals surface area contributed by atoms with E-state index < -0.39 is 11.9 Å². The molecule has 0 saturated heterocycles. The minimum absolute atomic E-state index is 0.0711. The molecular weight excluding hydrogens is 454 g/mol. The number of aryl methyl sites for hydroxylation is 2. The molecule has 0 radical (unpaired) electrons. The number of fused-ring (bicyclic) bond motifs is 4. The lowest BCUT2D eigenvalue weighted by molar-refractivity contribution is -0.136. The largest absolute Gasteiger partial charge is 0.480 e. The first-order valence-electron chi connectivity index (χ1n) is 13.0. The summed E-state index contributed by atoms with van der Waals surface area (Å²) in [4.78, 5) is 22.9. The molecule has 0 amide bonds. The molecule has 2 aromatic carbocycles. The third kappa shape index (κ3) is 3.78. The SMILES string of the molecule is O=C(O)CNCc1cn2c3c(cccc13)-c1c(C3CCCCC3)c3ccc(C(=O)O)cc3n1CCC2. The van der Waals surface area contributed by atoms with Gasteiger partial charge in [0, 0.05) is 47.7 Å². The monoisotopic (exact) mass is 485 g/mol. The van der Waals surface area contributed by atoms with Crippen LogP contribution in [0.25, 0.3) is 33.1 Å². The van der Waals surface area contributed by atoms with Crippen LogP contribution >= 0.6 is 0 Å². The minimum Gasteiger partial charge on any atom is -0.480 e. The standard InChI is InChI=1S/C29H31N3O4/c33-25(34)16-30-15-20-17-31-12-5-13-32-24-14-19(29(35)36)10-11-22(24)26(18-6-2-1-3-7-18)28(32)23-9-4-8-21(20)27(23)31/h4,8-11,14,17-18,30H,1-3,5-7,12-13,15-16H2,(H,33,34)(H,35,36). The van der Waals surface area contributed by atoms with Crippen LogP contribution in [0.15, 0.2) is 42.6 Å². The Morgan fingerprint density at radius 3 is 2.58 bits per heavy atom. The van der Waals surface area contributed by atoms with E-state index in [0.717, 1.165) is 48.8 Å². The van der Waals surface area contributed by atoms with Crippen molar-refractivity contribution in [2.45, 2.75) is 64.1 Å². The maximum Gasteiger partial charge on any atom is 0.335 e. The number of aromatic nitrogens is 2. The van der Waals surface area contributed by atoms with Crippen LogP contribution in [0, 0.1) is 0 Å². The van der Waals surface area contributed by atoms with Gasteiger partial charge in [-0.25, -0.2) is 4.79 Å². The molecule has 0 bridgehead atoms. The van der Waals surface area contributed by atoms with E-state index in [4.69, 9.17) is 5.11 Å². The zero-order valence-corrected chi connectivity index (χ0v) is 20.3. The molecule has 1 fully saturated rings. The lowest BCUT2D eigenvalue weighted by atomic mass is 9.81. The molecule has 0 unspecified atom stereocenters. The van der Waals surface area contributed by atoms with Gasteiger partial charge in [0.2, 0.25) is 0 Å². The molecule has 186 valence electrons. The van der Waals surface area contributed by atoms with E-state index in [-0.39, 0.29) is 6.54 Å². The van der Waals surface area contributed by atoms with Crippen LogP contribution in [0.4, 0.5) is 0 Å². The molecule has 1 aliphatic carbocycles. The van der Waals surface area contributed by atoms with Crippen molar-refractivity contribution in [3.8, 4) is 11.3 Å². The van der Waals surface area contributed by atoms with E-state index in [9.17, 15) is 14.7 Å². The van der Waals surface area contributed by atoms with Gasteiger partial charge in [0.25, 0.3) is 0 Å². The summed E-state index contributed by atoms with van der Waals surface area (Å²) in [7, 11) is 0. The van der Waals surface area contributed by atoms with E-state index in [1.54, 1.807) is 6.07 Å². The number of rotatable bonds is 6. The van der Waals surface area contributed by atoms with Gasteiger partial charge in [-0.1, -0.05) is 43.5 Å². The van der Waals surface area contributed by atoms with Gasteiger partial charge in [-0.15, -0.1) is 0 Å². The van der Waals surface area contributed by atoms with Gasteiger partial charge >= 0.3 is 11.9 Å². The molecule has 1 saturated carbocycles. The fourth-order valence-corrected chi connectivity index (χ4v) is 6.48. The molecule has 3 heterocycles. The Hall–Kier alpha value is -3.58. The number of carbonyl (C=O) groups is 2. The van der Waals surface area contributed by atoms with Crippen molar-refractivity contribution in [1.82, 2.24) is 14.5 Å². The predicted molar refractivity (Wildman–Crippen MR) is 140 cm³/mol. The number of carboxylic acid groups (broad SMARTS) is 2. The number of carboxylic acids is 2. The highest BCUT2D eigenvalue weighted by Crippen LogP contribution is 2.46. The zero-order chi connectivity index (χ0) is 24.8. The topological polar surface area (TPSA) is 96.5 Å². The van der Waals surface area contributed by atoms with Crippen LogP contribution in [-0.4, -0.2) is 37.8 Å². The second kappa shape index (κ2) is 9.13. The maximum atomic E-state index is 11.8. The van der Waals surface area contributed by atoms with Gasteiger partial charge in [-0.3, -0.25) is 4.79 Å². The Morgan fingerprint density at radius 2 is 1.81 bits per heavy atom. The Morgan fingerprint density at radius 1 is 0.972 bits per heavy atom. The van der Waals surface area contributed by atoms with Gasteiger partial charge < -0.3 is 24.7 Å². The molecule has 7 nitrogen and oxygen atoms in total. The number of aliphatic carboxylic acids is 1. The molecule has 1 aliphatic heterocycles. The molecule has 0 atom stereocenters. The fraction of sp³-hybridized carbons (Fsp3) is 0.379. The molecule has 36 heavy (non-hydrogen) atoms. The number of para-hydroxylation sites is 1. The first kappa shape index (κ1) is 22.9. The summed E-state index contributed by atoms with van der Waals surface area (Å²) in [6.07, 6.45) is 9.15. The zero-order valence-electron chi connectivity index (χ0n) is 20.3. The fourth-order valence-electron chi connectivity index (χ4n) is 6.48. The number of aromatic carboxylic acids is 1. The highest BCUT2D eigenvalue weighted by Gasteiger charge is 2.29. The summed E-state index contributed by atoms with van der Waals surface area (Å²) in [6.45, 7) is 2.10. The van der Waals surface area contributed by atoms with E-state index >= 15 is 0 Å². The normalized spacial score (nSPS) is 16.1. The van der Waals surface area contributed by atoms with Gasteiger partial charge in [0.1, 0.15) is 0 Å². The lowest BCUT2D eigenvalue weighted by Gasteiger charge is -2.25. The quantitative estimate of drug-likeness (QED) is 0.331. The molecule has 7 heteroatoms. The van der Waals surface area contributed by atoms with Crippen molar-refractivity contribution in [2.24, 2.45) is 0 Å². The molecule has 2 aliphatic rings. The number of hydrogen-bond donors (Lipinski definition) is 3. The van der Waals surface area contributed by atoms with Crippen LogP contribution in [0.3, 0.4) is 0 Å². The van der Waals surface area contributed by atoms with E-state index in [1.807, 2.05) is 12.1 Å². The van der Waals surface area contributed by atoms with Gasteiger partial charge in [-0.2, -0.15) is 0 Å². The van der Waals surface area contributed by atoms with Crippen LogP contribution in [0.5, 0.6) is 0 Å². The smallest absolute Gasteiger partial charge is 0.335 e. The Bertz CT molecular complexity index is 1490. The second-order valence-corrected chi connectivity index (χ2v) is 10.2. The lowest BCUT2D eigenvalue weighted by Crippen LogP contribution is -2.21. The number of nitrogens with zero attached hydrogens (tertiary/aromatic N) is 2. The third-order valence-electron chi connectivity index (χ3n) is 7.97. The first-order valence-corrected chi connectivity index (χ1v) is 13.0. The Balaban J connectivity index is 1.61. The van der Waals surface area contributed by atoms with Gasteiger partial charge in [-0.05, 0) is 48.4 Å². The summed E-state index contributed by atoms with van der Waals surface area (Å²) < 4.78 is 4.70. The summed E-state index contributed by atoms with van der Waals surface area (Å²) >= 11 is 0. The van der Waals surface area contributed by atoms with Gasteiger partial charge in [0.05, 0.1) is 23.3 Å². The highest BCUT2D eigenvalue weighted by molar-refractivity contribution is 6.03. The van der Waals surface area contributed by atoms with Crippen molar-refractivity contribution >= 4 is 33.7 Å². The van der Waals surface area contributed by atoms with E-state index in [1.165, 1.54) is 47.0 Å². The van der Waals surface area contributed by atoms with E-state index in [2.05, 4.69) is 38.8 Å². The first-order chi connectivity index (χ1) is 17.5. The molecular formula is C29H31N3O4. The van der Waals surface area contributed by atoms with Crippen molar-refractivity contribution in [3.63, 3.8) is 0 Å². The average Bonchev–Trinajstić information content (AvgIpc) is 3.38. The summed E-state index contributed by atoms with van der Waals surface area (Å²) in [5, 5.41) is 24.1. The molecule has 4 aromatic rings. The summed E-state index contributed by atoms with van der Waals surface area (Å²) in [5.74, 6) is -1.30. The van der Waals surface area contributed by atoms with Crippen molar-refractivity contribution in [2.75, 3.05) is 6.54 Å². The second-order valence-electron chi connectivity index (χ2n) is 10.2.